The maximum absolute atomic E-state index is 13.1. The van der Waals surface area contributed by atoms with Gasteiger partial charge in [0.25, 0.3) is 0 Å². The van der Waals surface area contributed by atoms with Crippen LogP contribution in [0.5, 0.6) is 0 Å². The molecule has 1 fully saturated rings. The van der Waals surface area contributed by atoms with E-state index in [2.05, 4.69) is 19.2 Å². The van der Waals surface area contributed by atoms with Crippen LogP contribution in [0.4, 0.5) is 4.39 Å². The highest BCUT2D eigenvalue weighted by Crippen LogP contribution is 2.23. The van der Waals surface area contributed by atoms with Crippen molar-refractivity contribution in [3.63, 3.8) is 0 Å². The average Bonchev–Trinajstić information content (AvgIpc) is 2.83. The quantitative estimate of drug-likeness (QED) is 0.867. The monoisotopic (exact) mass is 251 g/mol. The fraction of sp³-hybridized carbons (Fsp3) is 0.600. The van der Waals surface area contributed by atoms with Gasteiger partial charge in [0.05, 0.1) is 6.10 Å². The van der Waals surface area contributed by atoms with Crippen LogP contribution in [0.25, 0.3) is 0 Å². The van der Waals surface area contributed by atoms with Gasteiger partial charge in [0, 0.05) is 19.2 Å². The van der Waals surface area contributed by atoms with E-state index in [4.69, 9.17) is 4.74 Å². The Morgan fingerprint density at radius 1 is 1.50 bits per heavy atom. The van der Waals surface area contributed by atoms with Crippen LogP contribution >= 0.6 is 0 Å². The van der Waals surface area contributed by atoms with E-state index in [1.165, 1.54) is 6.07 Å². The molecule has 0 aliphatic carbocycles. The van der Waals surface area contributed by atoms with Crippen molar-refractivity contribution in [3.05, 3.63) is 35.6 Å². The van der Waals surface area contributed by atoms with Crippen molar-refractivity contribution < 1.29 is 9.13 Å². The number of halogens is 1. The number of hydrogen-bond acceptors (Lipinski definition) is 2. The predicted octanol–water partition coefficient (Wildman–Crippen LogP) is 3.29. The molecular formula is C15H22FNO. The summed E-state index contributed by atoms with van der Waals surface area (Å²) in [5.41, 5.74) is 1.00. The lowest BCUT2D eigenvalue weighted by Gasteiger charge is -2.21. The zero-order valence-corrected chi connectivity index (χ0v) is 11.2. The maximum Gasteiger partial charge on any atom is 0.123 e. The highest BCUT2D eigenvalue weighted by molar-refractivity contribution is 5.19. The summed E-state index contributed by atoms with van der Waals surface area (Å²) in [4.78, 5) is 0. The molecule has 0 radical (unpaired) electrons. The van der Waals surface area contributed by atoms with Gasteiger partial charge in [-0.05, 0) is 43.4 Å². The van der Waals surface area contributed by atoms with Crippen molar-refractivity contribution in [2.45, 2.75) is 38.8 Å². The third-order valence-corrected chi connectivity index (χ3v) is 3.78. The van der Waals surface area contributed by atoms with E-state index in [9.17, 15) is 4.39 Å². The Morgan fingerprint density at radius 3 is 3.06 bits per heavy atom. The summed E-state index contributed by atoms with van der Waals surface area (Å²) in [5.74, 6) is 0.419. The summed E-state index contributed by atoms with van der Waals surface area (Å²) in [6, 6.07) is 6.98. The standard InChI is InChI=1S/C15H22FNO/c1-3-15-13(7-8-18-15)10-17-11(2)12-5-4-6-14(16)9-12/h4-6,9,11,13,15,17H,3,7-8,10H2,1-2H3. The maximum atomic E-state index is 13.1. The number of ether oxygens (including phenoxy) is 1. The summed E-state index contributed by atoms with van der Waals surface area (Å²) in [5, 5.41) is 3.49. The molecule has 2 nitrogen and oxygen atoms in total. The van der Waals surface area contributed by atoms with Gasteiger partial charge in [0.15, 0.2) is 0 Å². The first-order chi connectivity index (χ1) is 8.70. The van der Waals surface area contributed by atoms with E-state index in [0.29, 0.717) is 12.0 Å². The van der Waals surface area contributed by atoms with E-state index >= 15 is 0 Å². The van der Waals surface area contributed by atoms with Gasteiger partial charge in [-0.1, -0.05) is 19.1 Å². The zero-order chi connectivity index (χ0) is 13.0. The first-order valence-electron chi connectivity index (χ1n) is 6.81. The molecule has 2 rings (SSSR count). The molecule has 3 unspecified atom stereocenters. The highest BCUT2D eigenvalue weighted by atomic mass is 19.1. The third-order valence-electron chi connectivity index (χ3n) is 3.78. The lowest BCUT2D eigenvalue weighted by molar-refractivity contribution is 0.0867. The SMILES string of the molecule is CCC1OCCC1CNC(C)c1cccc(F)c1. The molecule has 0 amide bonds. The Hall–Kier alpha value is -0.930. The van der Waals surface area contributed by atoms with Crippen molar-refractivity contribution >= 4 is 0 Å². The number of hydrogen-bond donors (Lipinski definition) is 1. The van der Waals surface area contributed by atoms with Crippen molar-refractivity contribution in [3.8, 4) is 0 Å². The Morgan fingerprint density at radius 2 is 2.33 bits per heavy atom. The van der Waals surface area contributed by atoms with Crippen LogP contribution in [0.2, 0.25) is 0 Å². The van der Waals surface area contributed by atoms with Crippen LogP contribution in [0.15, 0.2) is 24.3 Å². The van der Waals surface area contributed by atoms with Gasteiger partial charge < -0.3 is 10.1 Å². The van der Waals surface area contributed by atoms with Gasteiger partial charge >= 0.3 is 0 Å². The molecule has 100 valence electrons. The smallest absolute Gasteiger partial charge is 0.123 e. The van der Waals surface area contributed by atoms with Crippen molar-refractivity contribution in [1.29, 1.82) is 0 Å². The molecule has 1 aromatic carbocycles. The van der Waals surface area contributed by atoms with E-state index in [0.717, 1.165) is 31.6 Å². The predicted molar refractivity (Wildman–Crippen MR) is 71.0 cm³/mol. The molecule has 1 aromatic rings. The minimum absolute atomic E-state index is 0.170. The van der Waals surface area contributed by atoms with Crippen molar-refractivity contribution in [1.82, 2.24) is 5.32 Å². The molecule has 1 aliphatic rings. The Labute approximate surface area is 109 Å². The molecule has 18 heavy (non-hydrogen) atoms. The van der Waals surface area contributed by atoms with Gasteiger partial charge in [-0.2, -0.15) is 0 Å². The number of nitrogens with one attached hydrogen (secondary N) is 1. The van der Waals surface area contributed by atoms with Gasteiger partial charge in [0.2, 0.25) is 0 Å². The highest BCUT2D eigenvalue weighted by Gasteiger charge is 2.26. The van der Waals surface area contributed by atoms with E-state index < -0.39 is 0 Å². The molecule has 1 saturated heterocycles. The average molecular weight is 251 g/mol. The molecular weight excluding hydrogens is 229 g/mol. The second kappa shape index (κ2) is 6.30. The van der Waals surface area contributed by atoms with E-state index in [1.807, 2.05) is 6.07 Å². The van der Waals surface area contributed by atoms with Gasteiger partial charge in [-0.25, -0.2) is 4.39 Å². The first kappa shape index (κ1) is 13.5. The molecule has 1 N–H and O–H groups in total. The molecule has 1 heterocycles. The van der Waals surface area contributed by atoms with Crippen molar-refractivity contribution in [2.24, 2.45) is 5.92 Å². The molecule has 0 spiro atoms. The van der Waals surface area contributed by atoms with E-state index in [1.54, 1.807) is 12.1 Å². The second-order valence-electron chi connectivity index (χ2n) is 5.05. The molecule has 0 saturated carbocycles. The lowest BCUT2D eigenvalue weighted by Crippen LogP contribution is -2.30. The van der Waals surface area contributed by atoms with Gasteiger partial charge in [-0.15, -0.1) is 0 Å². The minimum Gasteiger partial charge on any atom is -0.378 e. The molecule has 0 bridgehead atoms. The zero-order valence-electron chi connectivity index (χ0n) is 11.2. The van der Waals surface area contributed by atoms with Crippen LogP contribution in [0.3, 0.4) is 0 Å². The normalized spacial score (nSPS) is 25.3. The van der Waals surface area contributed by atoms with E-state index in [-0.39, 0.29) is 11.9 Å². The number of benzene rings is 1. The van der Waals surface area contributed by atoms with Crippen LogP contribution in [0, 0.1) is 11.7 Å². The Bertz CT molecular complexity index is 383. The molecule has 3 atom stereocenters. The topological polar surface area (TPSA) is 21.3 Å². The lowest BCUT2D eigenvalue weighted by atomic mass is 9.98. The van der Waals surface area contributed by atoms with Crippen LogP contribution in [-0.4, -0.2) is 19.3 Å². The summed E-state index contributed by atoms with van der Waals surface area (Å²) in [7, 11) is 0. The molecule has 3 heteroatoms. The fourth-order valence-corrected chi connectivity index (χ4v) is 2.60. The first-order valence-corrected chi connectivity index (χ1v) is 6.81. The Kier molecular flexibility index (Phi) is 4.72. The fourth-order valence-electron chi connectivity index (χ4n) is 2.60. The van der Waals surface area contributed by atoms with Crippen LogP contribution in [-0.2, 0) is 4.74 Å². The summed E-state index contributed by atoms with van der Waals surface area (Å²) >= 11 is 0. The van der Waals surface area contributed by atoms with Crippen molar-refractivity contribution in [2.75, 3.05) is 13.2 Å². The van der Waals surface area contributed by atoms with Gasteiger partial charge in [0.1, 0.15) is 5.82 Å². The summed E-state index contributed by atoms with van der Waals surface area (Å²) in [6.45, 7) is 6.06. The summed E-state index contributed by atoms with van der Waals surface area (Å²) in [6.07, 6.45) is 2.58. The molecule has 0 aromatic heterocycles. The number of rotatable bonds is 5. The Balaban J connectivity index is 1.86. The third kappa shape index (κ3) is 3.30. The van der Waals surface area contributed by atoms with Crippen LogP contribution in [0.1, 0.15) is 38.3 Å². The summed E-state index contributed by atoms with van der Waals surface area (Å²) < 4.78 is 18.8. The van der Waals surface area contributed by atoms with Crippen LogP contribution < -0.4 is 5.32 Å². The largest absolute Gasteiger partial charge is 0.378 e. The van der Waals surface area contributed by atoms with Gasteiger partial charge in [-0.3, -0.25) is 0 Å². The minimum atomic E-state index is -0.170. The molecule has 1 aliphatic heterocycles. The second-order valence-corrected chi connectivity index (χ2v) is 5.05.